The lowest BCUT2D eigenvalue weighted by Gasteiger charge is -2.12. The van der Waals surface area contributed by atoms with Crippen LogP contribution in [0.3, 0.4) is 0 Å². The molecule has 0 aliphatic rings. The van der Waals surface area contributed by atoms with Gasteiger partial charge in [0.05, 0.1) is 0 Å². The lowest BCUT2D eigenvalue weighted by molar-refractivity contribution is 0.403. The highest BCUT2D eigenvalue weighted by Crippen LogP contribution is 2.24. The number of phenolic OH excluding ortho intramolecular Hbond substituents is 2. The Balaban J connectivity index is 1.79. The summed E-state index contributed by atoms with van der Waals surface area (Å²) in [7, 11) is 0. The lowest BCUT2D eigenvalue weighted by atomic mass is 10.0. The van der Waals surface area contributed by atoms with Crippen LogP contribution in [0.15, 0.2) is 42.5 Å². The molecule has 2 aromatic rings. The third-order valence-electron chi connectivity index (χ3n) is 3.57. The number of hydrogen-bond acceptors (Lipinski definition) is 3. The third-order valence-corrected chi connectivity index (χ3v) is 3.82. The second-order valence-corrected chi connectivity index (χ2v) is 6.14. The van der Waals surface area contributed by atoms with Crippen LogP contribution in [0.5, 0.6) is 11.5 Å². The topological polar surface area (TPSA) is 64.5 Å². The van der Waals surface area contributed by atoms with Crippen LogP contribution in [0, 0.1) is 0 Å². The summed E-state index contributed by atoms with van der Waals surface area (Å²) < 4.78 is 0. The molecule has 0 unspecified atom stereocenters. The molecule has 0 aromatic heterocycles. The Labute approximate surface area is 142 Å². The molecule has 0 amide bonds. The van der Waals surface area contributed by atoms with Crippen molar-refractivity contribution in [3.05, 3.63) is 53.6 Å². The van der Waals surface area contributed by atoms with E-state index in [1.807, 2.05) is 12.1 Å². The van der Waals surface area contributed by atoms with Gasteiger partial charge in [0.1, 0.15) is 0 Å². The summed E-state index contributed by atoms with van der Waals surface area (Å²) >= 11 is 5.27. The van der Waals surface area contributed by atoms with Gasteiger partial charge in [0, 0.05) is 12.2 Å². The molecule has 0 atom stereocenters. The molecule has 0 saturated heterocycles. The number of benzene rings is 2. The monoisotopic (exact) mass is 330 g/mol. The molecule has 5 heteroatoms. The van der Waals surface area contributed by atoms with Gasteiger partial charge in [-0.3, -0.25) is 0 Å². The number of nitrogens with one attached hydrogen (secondary N) is 2. The molecular weight excluding hydrogens is 308 g/mol. The highest BCUT2D eigenvalue weighted by Gasteiger charge is 2.03. The van der Waals surface area contributed by atoms with Crippen LogP contribution in [-0.4, -0.2) is 21.9 Å². The van der Waals surface area contributed by atoms with E-state index in [1.54, 1.807) is 12.1 Å². The number of hydrogen-bond donors (Lipinski definition) is 4. The number of aromatic hydroxyl groups is 2. The van der Waals surface area contributed by atoms with Gasteiger partial charge in [0.15, 0.2) is 16.6 Å². The van der Waals surface area contributed by atoms with Crippen molar-refractivity contribution in [2.75, 3.05) is 11.9 Å². The van der Waals surface area contributed by atoms with Gasteiger partial charge < -0.3 is 20.8 Å². The average molecular weight is 330 g/mol. The van der Waals surface area contributed by atoms with Crippen LogP contribution >= 0.6 is 12.2 Å². The molecule has 122 valence electrons. The molecule has 4 N–H and O–H groups in total. The molecule has 23 heavy (non-hydrogen) atoms. The maximum Gasteiger partial charge on any atom is 0.170 e. The van der Waals surface area contributed by atoms with Crippen LogP contribution in [0.1, 0.15) is 30.9 Å². The molecule has 0 aliphatic carbocycles. The Morgan fingerprint density at radius 2 is 1.74 bits per heavy atom. The maximum absolute atomic E-state index is 9.46. The van der Waals surface area contributed by atoms with Gasteiger partial charge in [-0.05, 0) is 59.9 Å². The van der Waals surface area contributed by atoms with E-state index in [0.29, 0.717) is 24.0 Å². The van der Waals surface area contributed by atoms with Crippen molar-refractivity contribution >= 4 is 23.0 Å². The summed E-state index contributed by atoms with van der Waals surface area (Å²) in [6.45, 7) is 4.96. The minimum atomic E-state index is -0.108. The van der Waals surface area contributed by atoms with E-state index in [0.717, 1.165) is 11.3 Å². The zero-order valence-corrected chi connectivity index (χ0v) is 14.2. The van der Waals surface area contributed by atoms with Gasteiger partial charge in [-0.2, -0.15) is 0 Å². The summed E-state index contributed by atoms with van der Waals surface area (Å²) in [4.78, 5) is 0. The summed E-state index contributed by atoms with van der Waals surface area (Å²) in [6.07, 6.45) is 0.696. The van der Waals surface area contributed by atoms with Gasteiger partial charge in [-0.1, -0.05) is 32.0 Å². The summed E-state index contributed by atoms with van der Waals surface area (Å²) in [5.74, 6) is 0.299. The van der Waals surface area contributed by atoms with Crippen LogP contribution in [0.25, 0.3) is 0 Å². The number of phenols is 2. The fourth-order valence-corrected chi connectivity index (χ4v) is 2.39. The normalized spacial score (nSPS) is 10.6. The van der Waals surface area contributed by atoms with E-state index in [4.69, 9.17) is 12.2 Å². The van der Waals surface area contributed by atoms with E-state index in [-0.39, 0.29) is 11.5 Å². The van der Waals surface area contributed by atoms with Gasteiger partial charge in [0.2, 0.25) is 0 Å². The third kappa shape index (κ3) is 5.14. The Hall–Kier alpha value is -2.27. The Kier molecular flexibility index (Phi) is 5.82. The highest BCUT2D eigenvalue weighted by molar-refractivity contribution is 7.80. The molecule has 0 saturated carbocycles. The molecule has 0 spiro atoms. The van der Waals surface area contributed by atoms with E-state index in [9.17, 15) is 10.2 Å². The number of rotatable bonds is 5. The quantitative estimate of drug-likeness (QED) is 0.497. The van der Waals surface area contributed by atoms with Crippen molar-refractivity contribution in [2.24, 2.45) is 0 Å². The zero-order chi connectivity index (χ0) is 16.8. The molecule has 2 rings (SSSR count). The van der Waals surface area contributed by atoms with E-state index in [1.165, 1.54) is 11.6 Å². The fourth-order valence-electron chi connectivity index (χ4n) is 2.17. The molecule has 4 nitrogen and oxygen atoms in total. The zero-order valence-electron chi connectivity index (χ0n) is 13.3. The van der Waals surface area contributed by atoms with Crippen molar-refractivity contribution in [1.82, 2.24) is 5.32 Å². The molecular formula is C18H22N2O2S. The molecule has 0 bridgehead atoms. The highest BCUT2D eigenvalue weighted by atomic mass is 32.1. The second-order valence-electron chi connectivity index (χ2n) is 5.73. The largest absolute Gasteiger partial charge is 0.504 e. The molecule has 0 heterocycles. The summed E-state index contributed by atoms with van der Waals surface area (Å²) in [6, 6.07) is 13.0. The SMILES string of the molecule is CC(C)c1ccc(NC(=S)NCCc2ccc(O)c(O)c2)cc1. The first-order chi connectivity index (χ1) is 11.0. The summed E-state index contributed by atoms with van der Waals surface area (Å²) in [5.41, 5.74) is 3.17. The average Bonchev–Trinajstić information content (AvgIpc) is 2.51. The first-order valence-electron chi connectivity index (χ1n) is 7.61. The van der Waals surface area contributed by atoms with Crippen LogP contribution in [-0.2, 0) is 6.42 Å². The number of anilines is 1. The second kappa shape index (κ2) is 7.83. The minimum absolute atomic E-state index is 0.103. The predicted molar refractivity (Wildman–Crippen MR) is 98.2 cm³/mol. The maximum atomic E-state index is 9.46. The molecule has 0 aliphatic heterocycles. The first-order valence-corrected chi connectivity index (χ1v) is 8.02. The van der Waals surface area contributed by atoms with Crippen molar-refractivity contribution in [1.29, 1.82) is 0 Å². The van der Waals surface area contributed by atoms with Gasteiger partial charge >= 0.3 is 0 Å². The Morgan fingerprint density at radius 1 is 1.04 bits per heavy atom. The molecule has 0 radical (unpaired) electrons. The molecule has 0 fully saturated rings. The fraction of sp³-hybridized carbons (Fsp3) is 0.278. The van der Waals surface area contributed by atoms with Crippen molar-refractivity contribution in [2.45, 2.75) is 26.2 Å². The number of thiocarbonyl (C=S) groups is 1. The van der Waals surface area contributed by atoms with Gasteiger partial charge in [-0.15, -0.1) is 0 Å². The summed E-state index contributed by atoms with van der Waals surface area (Å²) in [5, 5.41) is 25.6. The van der Waals surface area contributed by atoms with E-state index >= 15 is 0 Å². The van der Waals surface area contributed by atoms with E-state index in [2.05, 4.69) is 36.6 Å². The standard InChI is InChI=1S/C18H22N2O2S/c1-12(2)14-4-6-15(7-5-14)20-18(23)19-10-9-13-3-8-16(21)17(22)11-13/h3-8,11-12,21-22H,9-10H2,1-2H3,(H2,19,20,23). The minimum Gasteiger partial charge on any atom is -0.504 e. The van der Waals surface area contributed by atoms with Crippen molar-refractivity contribution < 1.29 is 10.2 Å². The van der Waals surface area contributed by atoms with Crippen molar-refractivity contribution in [3.63, 3.8) is 0 Å². The smallest absolute Gasteiger partial charge is 0.170 e. The van der Waals surface area contributed by atoms with Gasteiger partial charge in [-0.25, -0.2) is 0 Å². The van der Waals surface area contributed by atoms with Crippen LogP contribution in [0.4, 0.5) is 5.69 Å². The predicted octanol–water partition coefficient (Wildman–Crippen LogP) is 3.75. The Morgan fingerprint density at radius 3 is 2.35 bits per heavy atom. The first kappa shape index (κ1) is 17.1. The van der Waals surface area contributed by atoms with E-state index < -0.39 is 0 Å². The van der Waals surface area contributed by atoms with Crippen LogP contribution in [0.2, 0.25) is 0 Å². The lowest BCUT2D eigenvalue weighted by Crippen LogP contribution is -2.30. The molecule has 2 aromatic carbocycles. The Bertz CT molecular complexity index is 669. The van der Waals surface area contributed by atoms with Crippen molar-refractivity contribution in [3.8, 4) is 11.5 Å². The van der Waals surface area contributed by atoms with Crippen LogP contribution < -0.4 is 10.6 Å². The van der Waals surface area contributed by atoms with Gasteiger partial charge in [0.25, 0.3) is 0 Å².